The van der Waals surface area contributed by atoms with Crippen molar-refractivity contribution < 1.29 is 9.66 Å². The summed E-state index contributed by atoms with van der Waals surface area (Å²) in [6.45, 7) is 10.8. The molecule has 2 heterocycles. The van der Waals surface area contributed by atoms with E-state index in [1.807, 2.05) is 32.6 Å². The van der Waals surface area contributed by atoms with Crippen molar-refractivity contribution in [2.45, 2.75) is 45.8 Å². The zero-order valence-electron chi connectivity index (χ0n) is 12.9. The van der Waals surface area contributed by atoms with Crippen molar-refractivity contribution in [2.24, 2.45) is 7.05 Å². The second-order valence-electron chi connectivity index (χ2n) is 6.62. The summed E-state index contributed by atoms with van der Waals surface area (Å²) in [6, 6.07) is 0. The maximum atomic E-state index is 11.3. The summed E-state index contributed by atoms with van der Waals surface area (Å²) in [5, 5.41) is 15.5. The highest BCUT2D eigenvalue weighted by molar-refractivity contribution is 5.62. The predicted molar refractivity (Wildman–Crippen MR) is 76.1 cm³/mol. The van der Waals surface area contributed by atoms with Gasteiger partial charge in [-0.05, 0) is 34.6 Å². The van der Waals surface area contributed by atoms with E-state index in [1.165, 1.54) is 0 Å². The molecule has 7 heteroatoms. The first-order valence-corrected chi connectivity index (χ1v) is 6.65. The number of nitrogens with zero attached hydrogens (tertiary/aromatic N) is 4. The van der Waals surface area contributed by atoms with Crippen LogP contribution < -0.4 is 4.90 Å². The number of aromatic nitrogens is 2. The molecule has 1 aromatic rings. The minimum Gasteiger partial charge on any atom is -0.366 e. The molecule has 0 bridgehead atoms. The van der Waals surface area contributed by atoms with Gasteiger partial charge >= 0.3 is 5.69 Å². The van der Waals surface area contributed by atoms with Crippen LogP contribution in [0, 0.1) is 17.0 Å². The minimum absolute atomic E-state index is 0.0843. The molecule has 0 saturated carbocycles. The van der Waals surface area contributed by atoms with Gasteiger partial charge in [0, 0.05) is 20.1 Å². The van der Waals surface area contributed by atoms with Gasteiger partial charge < -0.3 is 9.64 Å². The molecule has 1 saturated heterocycles. The van der Waals surface area contributed by atoms with Crippen molar-refractivity contribution >= 4 is 11.5 Å². The van der Waals surface area contributed by atoms with Crippen molar-refractivity contribution in [1.29, 1.82) is 0 Å². The van der Waals surface area contributed by atoms with Gasteiger partial charge in [0.15, 0.2) is 0 Å². The molecule has 1 fully saturated rings. The van der Waals surface area contributed by atoms with Crippen LogP contribution in [0.2, 0.25) is 0 Å². The summed E-state index contributed by atoms with van der Waals surface area (Å²) in [5.41, 5.74) is -0.211. The number of aryl methyl sites for hydroxylation is 2. The summed E-state index contributed by atoms with van der Waals surface area (Å²) < 4.78 is 7.61. The van der Waals surface area contributed by atoms with Gasteiger partial charge in [0.1, 0.15) is 5.69 Å². The number of hydrogen-bond acceptors (Lipinski definition) is 5. The molecule has 0 amide bonds. The van der Waals surface area contributed by atoms with Gasteiger partial charge in [0.05, 0.1) is 16.1 Å². The van der Waals surface area contributed by atoms with Crippen LogP contribution in [0.3, 0.4) is 0 Å². The lowest BCUT2D eigenvalue weighted by molar-refractivity contribution is -0.384. The highest BCUT2D eigenvalue weighted by Gasteiger charge is 2.41. The lowest BCUT2D eigenvalue weighted by atomic mass is 9.99. The molecule has 0 radical (unpaired) electrons. The first-order chi connectivity index (χ1) is 9.02. The molecule has 1 aromatic heterocycles. The summed E-state index contributed by atoms with van der Waals surface area (Å²) >= 11 is 0. The van der Waals surface area contributed by atoms with Crippen molar-refractivity contribution in [2.75, 3.05) is 18.0 Å². The molecule has 0 spiro atoms. The van der Waals surface area contributed by atoms with E-state index in [0.717, 1.165) is 0 Å². The highest BCUT2D eigenvalue weighted by atomic mass is 16.6. The summed E-state index contributed by atoms with van der Waals surface area (Å²) in [6.07, 6.45) is 0. The van der Waals surface area contributed by atoms with E-state index < -0.39 is 0 Å². The van der Waals surface area contributed by atoms with Gasteiger partial charge in [0.2, 0.25) is 5.82 Å². The van der Waals surface area contributed by atoms with Gasteiger partial charge in [-0.2, -0.15) is 5.10 Å². The molecular weight excluding hydrogens is 260 g/mol. The van der Waals surface area contributed by atoms with Crippen LogP contribution in [-0.2, 0) is 11.8 Å². The van der Waals surface area contributed by atoms with E-state index >= 15 is 0 Å². The van der Waals surface area contributed by atoms with Crippen LogP contribution in [0.25, 0.3) is 0 Å². The Hall–Kier alpha value is -1.63. The quantitative estimate of drug-likeness (QED) is 0.613. The summed E-state index contributed by atoms with van der Waals surface area (Å²) in [5.74, 6) is 0.553. The van der Waals surface area contributed by atoms with Crippen LogP contribution in [0.5, 0.6) is 0 Å². The minimum atomic E-state index is -0.367. The highest BCUT2D eigenvalue weighted by Crippen LogP contribution is 2.37. The zero-order chi connectivity index (χ0) is 15.3. The topological polar surface area (TPSA) is 73.4 Å². The molecule has 0 N–H and O–H groups in total. The van der Waals surface area contributed by atoms with E-state index in [-0.39, 0.29) is 21.8 Å². The number of rotatable bonds is 2. The van der Waals surface area contributed by atoms with Crippen molar-refractivity contribution in [3.8, 4) is 0 Å². The zero-order valence-corrected chi connectivity index (χ0v) is 12.9. The maximum Gasteiger partial charge on any atom is 0.333 e. The predicted octanol–water partition coefficient (Wildman–Crippen LogP) is 2.03. The molecule has 20 heavy (non-hydrogen) atoms. The molecule has 0 aromatic carbocycles. The molecular formula is C13H22N4O3. The van der Waals surface area contributed by atoms with Crippen molar-refractivity contribution in [1.82, 2.24) is 9.78 Å². The lowest BCUT2D eigenvalue weighted by Gasteiger charge is -2.47. The smallest absolute Gasteiger partial charge is 0.333 e. The van der Waals surface area contributed by atoms with Crippen LogP contribution in [-0.4, -0.2) is 39.0 Å². The van der Waals surface area contributed by atoms with Gasteiger partial charge in [-0.15, -0.1) is 0 Å². The first kappa shape index (κ1) is 14.8. The van der Waals surface area contributed by atoms with Crippen LogP contribution >= 0.6 is 0 Å². The number of ether oxygens (including phenoxy) is 1. The number of hydrogen-bond donors (Lipinski definition) is 0. The Kier molecular flexibility index (Phi) is 3.28. The summed E-state index contributed by atoms with van der Waals surface area (Å²) in [4.78, 5) is 13.0. The Bertz CT molecular complexity index is 532. The van der Waals surface area contributed by atoms with Gasteiger partial charge in [-0.3, -0.25) is 10.1 Å². The van der Waals surface area contributed by atoms with E-state index in [2.05, 4.69) is 5.10 Å². The third-order valence-corrected chi connectivity index (χ3v) is 3.34. The number of anilines is 1. The third-order valence-electron chi connectivity index (χ3n) is 3.34. The number of nitro groups is 1. The normalized spacial score (nSPS) is 21.0. The third kappa shape index (κ3) is 2.63. The van der Waals surface area contributed by atoms with Crippen LogP contribution in [0.4, 0.5) is 11.5 Å². The largest absolute Gasteiger partial charge is 0.366 e. The van der Waals surface area contributed by atoms with Crippen molar-refractivity contribution in [3.63, 3.8) is 0 Å². The van der Waals surface area contributed by atoms with Crippen molar-refractivity contribution in [3.05, 3.63) is 15.8 Å². The fraction of sp³-hybridized carbons (Fsp3) is 0.769. The lowest BCUT2D eigenvalue weighted by Crippen LogP contribution is -2.57. The van der Waals surface area contributed by atoms with Crippen LogP contribution in [0.15, 0.2) is 0 Å². The molecule has 0 atom stereocenters. The molecule has 7 nitrogen and oxygen atoms in total. The van der Waals surface area contributed by atoms with Crippen LogP contribution in [0.1, 0.15) is 33.4 Å². The standard InChI is InChI=1S/C13H22N4O3/c1-9-10(17(18)19)11(15(6)14-9)16-7-12(2,3)20-13(4,5)8-16/h7-8H2,1-6H3. The molecule has 1 aliphatic rings. The molecule has 112 valence electrons. The Morgan fingerprint density at radius 2 is 1.75 bits per heavy atom. The van der Waals surface area contributed by atoms with Gasteiger partial charge in [0.25, 0.3) is 0 Å². The van der Waals surface area contributed by atoms with Gasteiger partial charge in [-0.25, -0.2) is 4.68 Å². The Morgan fingerprint density at radius 3 is 2.20 bits per heavy atom. The summed E-state index contributed by atoms with van der Waals surface area (Å²) in [7, 11) is 1.74. The average Bonchev–Trinajstić information content (AvgIpc) is 2.48. The molecule has 1 aliphatic heterocycles. The Morgan fingerprint density at radius 1 is 1.25 bits per heavy atom. The Balaban J connectivity index is 2.48. The monoisotopic (exact) mass is 282 g/mol. The molecule has 0 unspecified atom stereocenters. The van der Waals surface area contributed by atoms with E-state index in [4.69, 9.17) is 4.74 Å². The maximum absolute atomic E-state index is 11.3. The second-order valence-corrected chi connectivity index (χ2v) is 6.62. The fourth-order valence-corrected chi connectivity index (χ4v) is 3.14. The SMILES string of the molecule is Cc1nn(C)c(N2CC(C)(C)OC(C)(C)C2)c1[N+](=O)[O-]. The molecule has 2 rings (SSSR count). The van der Waals surface area contributed by atoms with Gasteiger partial charge in [-0.1, -0.05) is 0 Å². The first-order valence-electron chi connectivity index (χ1n) is 6.65. The fourth-order valence-electron chi connectivity index (χ4n) is 3.14. The Labute approximate surface area is 118 Å². The average molecular weight is 282 g/mol. The van der Waals surface area contributed by atoms with E-state index in [9.17, 15) is 10.1 Å². The molecule has 0 aliphatic carbocycles. The number of morpholine rings is 1. The van der Waals surface area contributed by atoms with E-state index in [0.29, 0.717) is 24.6 Å². The second kappa shape index (κ2) is 4.44. The van der Waals surface area contributed by atoms with E-state index in [1.54, 1.807) is 18.7 Å².